The standard InChI is InChI=1S/C11H18BNO4/c1-10(2,14)11(3,4)17-12(15)16-9-7-5-6-8-13-9/h5-8,14-15H,1-4H3. The molecule has 0 aromatic carbocycles. The average molecular weight is 239 g/mol. The quantitative estimate of drug-likeness (QED) is 0.750. The van der Waals surface area contributed by atoms with Crippen LogP contribution in [-0.4, -0.2) is 33.6 Å². The second-order valence-corrected chi connectivity index (χ2v) is 4.78. The van der Waals surface area contributed by atoms with Gasteiger partial charge in [-0.3, -0.25) is 0 Å². The third-order valence-corrected chi connectivity index (χ3v) is 2.73. The van der Waals surface area contributed by atoms with Crippen LogP contribution in [0, 0.1) is 0 Å². The molecule has 0 atom stereocenters. The van der Waals surface area contributed by atoms with Crippen molar-refractivity contribution in [1.29, 1.82) is 0 Å². The summed E-state index contributed by atoms with van der Waals surface area (Å²) in [5, 5.41) is 19.5. The van der Waals surface area contributed by atoms with E-state index in [9.17, 15) is 10.1 Å². The van der Waals surface area contributed by atoms with Gasteiger partial charge in [0.1, 0.15) is 0 Å². The van der Waals surface area contributed by atoms with Gasteiger partial charge in [0.2, 0.25) is 0 Å². The lowest BCUT2D eigenvalue weighted by Crippen LogP contribution is -2.51. The molecular weight excluding hydrogens is 221 g/mol. The smallest absolute Gasteiger partial charge is 0.497 e. The van der Waals surface area contributed by atoms with Crippen LogP contribution in [-0.2, 0) is 4.65 Å². The summed E-state index contributed by atoms with van der Waals surface area (Å²) in [5.74, 6) is 0.256. The van der Waals surface area contributed by atoms with Crippen molar-refractivity contribution in [3.8, 4) is 5.88 Å². The molecular formula is C11H18BNO4. The molecule has 0 aliphatic carbocycles. The average Bonchev–Trinajstić information content (AvgIpc) is 2.16. The first-order valence-electron chi connectivity index (χ1n) is 5.38. The van der Waals surface area contributed by atoms with Crippen LogP contribution in [0.2, 0.25) is 0 Å². The van der Waals surface area contributed by atoms with Crippen molar-refractivity contribution in [3.63, 3.8) is 0 Å². The molecule has 0 fully saturated rings. The van der Waals surface area contributed by atoms with Crippen LogP contribution in [0.5, 0.6) is 5.88 Å². The van der Waals surface area contributed by atoms with Gasteiger partial charge in [0.25, 0.3) is 0 Å². The Kier molecular flexibility index (Phi) is 4.14. The summed E-state index contributed by atoms with van der Waals surface area (Å²) >= 11 is 0. The van der Waals surface area contributed by atoms with E-state index in [1.54, 1.807) is 52.1 Å². The van der Waals surface area contributed by atoms with Crippen molar-refractivity contribution in [2.24, 2.45) is 0 Å². The monoisotopic (exact) mass is 239 g/mol. The van der Waals surface area contributed by atoms with Crippen LogP contribution in [0.4, 0.5) is 0 Å². The maximum Gasteiger partial charge on any atom is 0.711 e. The number of aromatic nitrogens is 1. The molecule has 0 amide bonds. The topological polar surface area (TPSA) is 71.8 Å². The molecule has 0 aliphatic rings. The van der Waals surface area contributed by atoms with Crippen LogP contribution in [0.25, 0.3) is 0 Å². The summed E-state index contributed by atoms with van der Waals surface area (Å²) in [6.45, 7) is 6.52. The first-order chi connectivity index (χ1) is 7.72. The third kappa shape index (κ3) is 4.00. The van der Waals surface area contributed by atoms with E-state index in [2.05, 4.69) is 4.98 Å². The van der Waals surface area contributed by atoms with Gasteiger partial charge in [0, 0.05) is 6.20 Å². The van der Waals surface area contributed by atoms with Crippen LogP contribution in [0.15, 0.2) is 24.4 Å². The second-order valence-electron chi connectivity index (χ2n) is 4.78. The lowest BCUT2D eigenvalue weighted by Gasteiger charge is -2.37. The molecule has 1 aromatic rings. The Morgan fingerprint density at radius 2 is 1.88 bits per heavy atom. The lowest BCUT2D eigenvalue weighted by molar-refractivity contribution is -0.108. The van der Waals surface area contributed by atoms with Crippen LogP contribution >= 0.6 is 0 Å². The molecule has 0 radical (unpaired) electrons. The van der Waals surface area contributed by atoms with Gasteiger partial charge in [-0.1, -0.05) is 6.07 Å². The number of rotatable bonds is 5. The minimum absolute atomic E-state index is 0.256. The highest BCUT2D eigenvalue weighted by atomic mass is 16.7. The highest BCUT2D eigenvalue weighted by Crippen LogP contribution is 2.25. The van der Waals surface area contributed by atoms with Gasteiger partial charge in [0.05, 0.1) is 11.2 Å². The highest BCUT2D eigenvalue weighted by molar-refractivity contribution is 6.35. The van der Waals surface area contributed by atoms with Gasteiger partial charge in [-0.15, -0.1) is 0 Å². The molecule has 17 heavy (non-hydrogen) atoms. The van der Waals surface area contributed by atoms with E-state index in [1.165, 1.54) is 0 Å². The third-order valence-electron chi connectivity index (χ3n) is 2.73. The molecule has 6 heteroatoms. The fourth-order valence-electron chi connectivity index (χ4n) is 0.940. The van der Waals surface area contributed by atoms with Crippen LogP contribution in [0.3, 0.4) is 0 Å². The molecule has 1 aromatic heterocycles. The van der Waals surface area contributed by atoms with Gasteiger partial charge in [0.15, 0.2) is 5.88 Å². The van der Waals surface area contributed by atoms with Crippen LogP contribution in [0.1, 0.15) is 27.7 Å². The van der Waals surface area contributed by atoms with Gasteiger partial charge in [-0.05, 0) is 39.8 Å². The molecule has 0 bridgehead atoms. The highest BCUT2D eigenvalue weighted by Gasteiger charge is 2.41. The van der Waals surface area contributed by atoms with E-state index in [0.29, 0.717) is 0 Å². The number of aliphatic hydroxyl groups is 1. The van der Waals surface area contributed by atoms with E-state index in [1.807, 2.05) is 0 Å². The first-order valence-corrected chi connectivity index (χ1v) is 5.38. The molecule has 0 unspecified atom stereocenters. The first kappa shape index (κ1) is 14.0. The molecule has 1 rings (SSSR count). The number of hydrogen-bond donors (Lipinski definition) is 2. The molecule has 0 spiro atoms. The molecule has 0 saturated heterocycles. The Labute approximate surface area is 102 Å². The van der Waals surface area contributed by atoms with Crippen molar-refractivity contribution in [1.82, 2.24) is 4.98 Å². The van der Waals surface area contributed by atoms with E-state index in [0.717, 1.165) is 0 Å². The maximum absolute atomic E-state index is 9.85. The zero-order valence-electron chi connectivity index (χ0n) is 10.5. The van der Waals surface area contributed by atoms with E-state index < -0.39 is 18.5 Å². The Morgan fingerprint density at radius 1 is 1.24 bits per heavy atom. The van der Waals surface area contributed by atoms with Gasteiger partial charge in [-0.25, -0.2) is 4.98 Å². The van der Waals surface area contributed by atoms with Crippen molar-refractivity contribution in [2.45, 2.75) is 38.9 Å². The van der Waals surface area contributed by atoms with Crippen molar-refractivity contribution >= 4 is 7.32 Å². The Morgan fingerprint density at radius 3 is 2.35 bits per heavy atom. The zero-order chi connectivity index (χ0) is 13.1. The van der Waals surface area contributed by atoms with Crippen molar-refractivity contribution in [3.05, 3.63) is 24.4 Å². The molecule has 0 saturated carbocycles. The van der Waals surface area contributed by atoms with Gasteiger partial charge < -0.3 is 19.4 Å². The maximum atomic E-state index is 9.85. The summed E-state index contributed by atoms with van der Waals surface area (Å²) in [5.41, 5.74) is -2.07. The Balaban J connectivity index is 2.59. The van der Waals surface area contributed by atoms with Crippen molar-refractivity contribution in [2.75, 3.05) is 0 Å². The Hall–Kier alpha value is -1.11. The summed E-state index contributed by atoms with van der Waals surface area (Å²) in [4.78, 5) is 3.89. The largest absolute Gasteiger partial charge is 0.711 e. The summed E-state index contributed by atoms with van der Waals surface area (Å²) < 4.78 is 10.3. The van der Waals surface area contributed by atoms with Gasteiger partial charge >= 0.3 is 7.32 Å². The SMILES string of the molecule is CC(C)(O)C(C)(C)OB(O)Oc1ccccn1. The predicted molar refractivity (Wildman–Crippen MR) is 64.3 cm³/mol. The minimum Gasteiger partial charge on any atom is -0.497 e. The molecule has 0 aliphatic heterocycles. The van der Waals surface area contributed by atoms with Crippen LogP contribution < -0.4 is 4.65 Å². The molecule has 2 N–H and O–H groups in total. The molecule has 94 valence electrons. The normalized spacial score (nSPS) is 12.4. The lowest BCUT2D eigenvalue weighted by atomic mass is 9.88. The summed E-state index contributed by atoms with van der Waals surface area (Å²) in [6.07, 6.45) is 1.54. The zero-order valence-corrected chi connectivity index (χ0v) is 10.5. The molecule has 1 heterocycles. The Bertz CT molecular complexity index is 350. The van der Waals surface area contributed by atoms with E-state index in [4.69, 9.17) is 9.31 Å². The van der Waals surface area contributed by atoms with E-state index >= 15 is 0 Å². The number of hydrogen-bond acceptors (Lipinski definition) is 5. The predicted octanol–water partition coefficient (Wildman–Crippen LogP) is 1.00. The molecule has 5 nitrogen and oxygen atoms in total. The fourth-order valence-corrected chi connectivity index (χ4v) is 0.940. The van der Waals surface area contributed by atoms with E-state index in [-0.39, 0.29) is 5.88 Å². The number of pyridine rings is 1. The number of nitrogens with zero attached hydrogens (tertiary/aromatic N) is 1. The summed E-state index contributed by atoms with van der Waals surface area (Å²) in [6, 6.07) is 5.07. The minimum atomic E-state index is -1.48. The van der Waals surface area contributed by atoms with Crippen molar-refractivity contribution < 1.29 is 19.4 Å². The fraction of sp³-hybridized carbons (Fsp3) is 0.545. The van der Waals surface area contributed by atoms with Gasteiger partial charge in [-0.2, -0.15) is 0 Å². The summed E-state index contributed by atoms with van der Waals surface area (Å²) in [7, 11) is -1.48. The second kappa shape index (κ2) is 5.04.